The van der Waals surface area contributed by atoms with E-state index in [1.807, 2.05) is 24.3 Å². The fraction of sp³-hybridized carbons (Fsp3) is 0.294. The minimum absolute atomic E-state index is 0.533. The van der Waals surface area contributed by atoms with Gasteiger partial charge in [0, 0.05) is 5.88 Å². The van der Waals surface area contributed by atoms with Crippen molar-refractivity contribution in [1.82, 2.24) is 0 Å². The van der Waals surface area contributed by atoms with Crippen LogP contribution in [0.2, 0.25) is 0 Å². The fourth-order valence-corrected chi connectivity index (χ4v) is 2.15. The number of rotatable bonds is 7. The summed E-state index contributed by atoms with van der Waals surface area (Å²) in [6, 6.07) is 18.5. The molecule has 0 aliphatic carbocycles. The molecule has 0 saturated carbocycles. The van der Waals surface area contributed by atoms with Gasteiger partial charge in [-0.1, -0.05) is 42.5 Å². The molecule has 0 aliphatic rings. The smallest absolute Gasteiger partial charge is 0.119 e. The second kappa shape index (κ2) is 7.85. The molecule has 1 nitrogen and oxygen atoms in total. The second-order valence-corrected chi connectivity index (χ2v) is 4.84. The van der Waals surface area contributed by atoms with Crippen LogP contribution in [0.25, 0.3) is 0 Å². The molecular formula is C17H19ClO. The van der Waals surface area contributed by atoms with Crippen molar-refractivity contribution in [1.29, 1.82) is 0 Å². The number of ether oxygens (including phenoxy) is 1. The van der Waals surface area contributed by atoms with E-state index >= 15 is 0 Å². The van der Waals surface area contributed by atoms with Crippen LogP contribution in [-0.4, -0.2) is 6.61 Å². The number of halogens is 1. The highest BCUT2D eigenvalue weighted by Crippen LogP contribution is 2.15. The van der Waals surface area contributed by atoms with Crippen molar-refractivity contribution in [2.45, 2.75) is 25.1 Å². The summed E-state index contributed by atoms with van der Waals surface area (Å²) in [6.45, 7) is 0.762. The lowest BCUT2D eigenvalue weighted by molar-refractivity contribution is 0.307. The summed E-state index contributed by atoms with van der Waals surface area (Å²) in [4.78, 5) is 0. The van der Waals surface area contributed by atoms with Gasteiger partial charge in [-0.25, -0.2) is 0 Å². The van der Waals surface area contributed by atoms with Crippen LogP contribution in [0.1, 0.15) is 24.0 Å². The van der Waals surface area contributed by atoms with Crippen molar-refractivity contribution in [2.75, 3.05) is 6.61 Å². The Labute approximate surface area is 120 Å². The van der Waals surface area contributed by atoms with Gasteiger partial charge < -0.3 is 4.74 Å². The van der Waals surface area contributed by atoms with Crippen LogP contribution in [0.3, 0.4) is 0 Å². The van der Waals surface area contributed by atoms with Crippen molar-refractivity contribution in [3.8, 4) is 5.75 Å². The van der Waals surface area contributed by atoms with Gasteiger partial charge in [-0.15, -0.1) is 11.6 Å². The molecule has 0 atom stereocenters. The lowest BCUT2D eigenvalue weighted by Crippen LogP contribution is -1.98. The molecule has 0 heterocycles. The summed E-state index contributed by atoms with van der Waals surface area (Å²) >= 11 is 5.79. The number of hydrogen-bond acceptors (Lipinski definition) is 1. The van der Waals surface area contributed by atoms with Gasteiger partial charge in [-0.3, -0.25) is 0 Å². The highest BCUT2D eigenvalue weighted by atomic mass is 35.5. The molecule has 2 aromatic carbocycles. The molecule has 0 amide bonds. The van der Waals surface area contributed by atoms with E-state index in [-0.39, 0.29) is 0 Å². The van der Waals surface area contributed by atoms with Gasteiger partial charge in [-0.2, -0.15) is 0 Å². The summed E-state index contributed by atoms with van der Waals surface area (Å²) in [5.74, 6) is 1.45. The summed E-state index contributed by atoms with van der Waals surface area (Å²) in [7, 11) is 0. The summed E-state index contributed by atoms with van der Waals surface area (Å²) in [6.07, 6.45) is 3.34. The molecule has 0 unspecified atom stereocenters. The van der Waals surface area contributed by atoms with E-state index in [1.165, 1.54) is 5.56 Å². The molecule has 2 aromatic rings. The number of alkyl halides is 1. The summed E-state index contributed by atoms with van der Waals surface area (Å²) in [5, 5.41) is 0. The van der Waals surface area contributed by atoms with E-state index in [0.29, 0.717) is 5.88 Å². The topological polar surface area (TPSA) is 9.23 Å². The van der Waals surface area contributed by atoms with Gasteiger partial charge in [0.25, 0.3) is 0 Å². The maximum atomic E-state index is 5.79. The molecule has 2 heteroatoms. The molecule has 19 heavy (non-hydrogen) atoms. The van der Waals surface area contributed by atoms with Crippen LogP contribution >= 0.6 is 11.6 Å². The van der Waals surface area contributed by atoms with Crippen molar-refractivity contribution in [3.05, 3.63) is 65.7 Å². The molecule has 0 aromatic heterocycles. The van der Waals surface area contributed by atoms with Gasteiger partial charge in [0.05, 0.1) is 6.61 Å². The maximum absolute atomic E-state index is 5.79. The number of hydrogen-bond donors (Lipinski definition) is 0. The van der Waals surface area contributed by atoms with Crippen LogP contribution < -0.4 is 4.74 Å². The largest absolute Gasteiger partial charge is 0.494 e. The highest BCUT2D eigenvalue weighted by Gasteiger charge is 1.97. The van der Waals surface area contributed by atoms with Gasteiger partial charge in [0.2, 0.25) is 0 Å². The van der Waals surface area contributed by atoms with E-state index in [4.69, 9.17) is 16.3 Å². The second-order valence-electron chi connectivity index (χ2n) is 4.57. The molecule has 0 fully saturated rings. The fourth-order valence-electron chi connectivity index (χ4n) is 1.98. The molecule has 2 rings (SSSR count). The Balaban J connectivity index is 1.66. The summed E-state index contributed by atoms with van der Waals surface area (Å²) in [5.41, 5.74) is 2.50. The van der Waals surface area contributed by atoms with Crippen molar-refractivity contribution < 1.29 is 4.74 Å². The Hall–Kier alpha value is -1.47. The predicted molar refractivity (Wildman–Crippen MR) is 80.9 cm³/mol. The maximum Gasteiger partial charge on any atom is 0.119 e. The van der Waals surface area contributed by atoms with Crippen LogP contribution in [0.4, 0.5) is 0 Å². The minimum Gasteiger partial charge on any atom is -0.494 e. The normalized spacial score (nSPS) is 10.4. The van der Waals surface area contributed by atoms with Crippen LogP contribution in [0.5, 0.6) is 5.75 Å². The van der Waals surface area contributed by atoms with Crippen LogP contribution in [-0.2, 0) is 12.3 Å². The summed E-state index contributed by atoms with van der Waals surface area (Å²) < 4.78 is 5.73. The predicted octanol–water partition coefficient (Wildman–Crippen LogP) is 4.83. The molecule has 0 aliphatic heterocycles. The zero-order valence-electron chi connectivity index (χ0n) is 11.0. The first-order valence-corrected chi connectivity index (χ1v) is 7.23. The average molecular weight is 275 g/mol. The molecule has 0 N–H and O–H groups in total. The van der Waals surface area contributed by atoms with E-state index in [9.17, 15) is 0 Å². The zero-order chi connectivity index (χ0) is 13.3. The average Bonchev–Trinajstić information content (AvgIpc) is 2.48. The third kappa shape index (κ3) is 4.96. The standard InChI is InChI=1S/C17H19ClO/c18-14-16-10-6-11-17(13-16)19-12-5-4-9-15-7-2-1-3-8-15/h1-3,6-8,10-11,13H,4-5,9,12,14H2. The number of unbranched alkanes of at least 4 members (excludes halogenated alkanes) is 1. The molecular weight excluding hydrogens is 256 g/mol. The van der Waals surface area contributed by atoms with E-state index in [0.717, 1.165) is 37.2 Å². The van der Waals surface area contributed by atoms with Gasteiger partial charge >= 0.3 is 0 Å². The Kier molecular flexibility index (Phi) is 5.77. The Bertz CT molecular complexity index is 482. The van der Waals surface area contributed by atoms with E-state index in [2.05, 4.69) is 30.3 Å². The van der Waals surface area contributed by atoms with Crippen molar-refractivity contribution in [3.63, 3.8) is 0 Å². The molecule has 100 valence electrons. The zero-order valence-corrected chi connectivity index (χ0v) is 11.8. The Morgan fingerprint density at radius 3 is 2.42 bits per heavy atom. The minimum atomic E-state index is 0.533. The SMILES string of the molecule is ClCc1cccc(OCCCCc2ccccc2)c1. The first-order valence-electron chi connectivity index (χ1n) is 6.70. The quantitative estimate of drug-likeness (QED) is 0.519. The number of benzene rings is 2. The Morgan fingerprint density at radius 2 is 1.63 bits per heavy atom. The first kappa shape index (κ1) is 14.0. The van der Waals surface area contributed by atoms with Crippen molar-refractivity contribution >= 4 is 11.6 Å². The third-order valence-electron chi connectivity index (χ3n) is 3.02. The van der Waals surface area contributed by atoms with Gasteiger partial charge in [-0.05, 0) is 42.5 Å². The van der Waals surface area contributed by atoms with Crippen molar-refractivity contribution in [2.24, 2.45) is 0 Å². The molecule has 0 bridgehead atoms. The van der Waals surface area contributed by atoms with Crippen LogP contribution in [0.15, 0.2) is 54.6 Å². The lowest BCUT2D eigenvalue weighted by atomic mass is 10.1. The molecule has 0 saturated heterocycles. The van der Waals surface area contributed by atoms with E-state index < -0.39 is 0 Å². The Morgan fingerprint density at radius 1 is 0.842 bits per heavy atom. The molecule has 0 radical (unpaired) electrons. The third-order valence-corrected chi connectivity index (χ3v) is 3.33. The molecule has 0 spiro atoms. The monoisotopic (exact) mass is 274 g/mol. The van der Waals surface area contributed by atoms with Gasteiger partial charge in [0.1, 0.15) is 5.75 Å². The van der Waals surface area contributed by atoms with Crippen LogP contribution in [0, 0.1) is 0 Å². The first-order chi connectivity index (χ1) is 9.38. The van der Waals surface area contributed by atoms with Gasteiger partial charge in [0.15, 0.2) is 0 Å². The number of aryl methyl sites for hydroxylation is 1. The van der Waals surface area contributed by atoms with E-state index in [1.54, 1.807) is 0 Å². The lowest BCUT2D eigenvalue weighted by Gasteiger charge is -2.07. The highest BCUT2D eigenvalue weighted by molar-refractivity contribution is 6.17.